The van der Waals surface area contributed by atoms with E-state index in [1.807, 2.05) is 0 Å². The largest absolute Gasteiger partial charge is 0.0651 e. The van der Waals surface area contributed by atoms with Gasteiger partial charge < -0.3 is 0 Å². The third kappa shape index (κ3) is 3.51. The molecule has 0 aliphatic heterocycles. The van der Waals surface area contributed by atoms with E-state index in [2.05, 4.69) is 34.6 Å². The molecule has 0 amide bonds. The van der Waals surface area contributed by atoms with Crippen molar-refractivity contribution in [1.29, 1.82) is 0 Å². The number of hydrogen-bond acceptors (Lipinski definition) is 0. The zero-order chi connectivity index (χ0) is 19.9. The summed E-state index contributed by atoms with van der Waals surface area (Å²) < 4.78 is 0. The Morgan fingerprint density at radius 3 is 2.36 bits per heavy atom. The van der Waals surface area contributed by atoms with Gasteiger partial charge >= 0.3 is 0 Å². The Balaban J connectivity index is 1.43. The van der Waals surface area contributed by atoms with Gasteiger partial charge in [0.15, 0.2) is 0 Å². The maximum Gasteiger partial charge on any atom is -0.0264 e. The highest BCUT2D eigenvalue weighted by molar-refractivity contribution is 5.09. The molecule has 9 atom stereocenters. The van der Waals surface area contributed by atoms with Gasteiger partial charge in [-0.3, -0.25) is 0 Å². The minimum Gasteiger partial charge on any atom is -0.0651 e. The molecular formula is C28H50. The summed E-state index contributed by atoms with van der Waals surface area (Å²) in [6.45, 7) is 12.9. The average molecular weight is 387 g/mol. The summed E-state index contributed by atoms with van der Waals surface area (Å²) in [5, 5.41) is 0. The van der Waals surface area contributed by atoms with Crippen molar-refractivity contribution in [3.8, 4) is 0 Å². The summed E-state index contributed by atoms with van der Waals surface area (Å²) in [7, 11) is 0. The van der Waals surface area contributed by atoms with Crippen LogP contribution < -0.4 is 0 Å². The van der Waals surface area contributed by atoms with Crippen LogP contribution in [0.1, 0.15) is 125 Å². The zero-order valence-corrected chi connectivity index (χ0v) is 19.9. The minimum atomic E-state index is 0.675. The second-order valence-corrected chi connectivity index (χ2v) is 12.6. The molecule has 0 nitrogen and oxygen atoms in total. The Hall–Kier alpha value is 0. The first-order valence-corrected chi connectivity index (χ1v) is 13.4. The van der Waals surface area contributed by atoms with Crippen LogP contribution in [0.15, 0.2) is 0 Å². The molecule has 4 rings (SSSR count). The first-order chi connectivity index (χ1) is 13.4. The van der Waals surface area contributed by atoms with Crippen LogP contribution in [-0.2, 0) is 0 Å². The lowest BCUT2D eigenvalue weighted by Gasteiger charge is -2.61. The van der Waals surface area contributed by atoms with E-state index in [0.29, 0.717) is 10.8 Å². The Morgan fingerprint density at radius 1 is 0.786 bits per heavy atom. The van der Waals surface area contributed by atoms with Gasteiger partial charge in [-0.2, -0.15) is 0 Å². The molecule has 4 aliphatic rings. The highest BCUT2D eigenvalue weighted by atomic mass is 14.6. The Bertz CT molecular complexity index is 522. The molecule has 0 radical (unpaired) electrons. The molecule has 0 heterocycles. The van der Waals surface area contributed by atoms with Crippen molar-refractivity contribution in [3.05, 3.63) is 0 Å². The molecule has 162 valence electrons. The predicted octanol–water partition coefficient (Wildman–Crippen LogP) is 8.89. The fourth-order valence-corrected chi connectivity index (χ4v) is 9.46. The van der Waals surface area contributed by atoms with E-state index in [1.165, 1.54) is 38.5 Å². The van der Waals surface area contributed by atoms with Crippen molar-refractivity contribution in [3.63, 3.8) is 0 Å². The molecule has 0 N–H and O–H groups in total. The Morgan fingerprint density at radius 2 is 1.57 bits per heavy atom. The van der Waals surface area contributed by atoms with Crippen molar-refractivity contribution in [2.75, 3.05) is 0 Å². The summed E-state index contributed by atoms with van der Waals surface area (Å²) in [5.74, 6) is 7.20. The van der Waals surface area contributed by atoms with Gasteiger partial charge in [0.25, 0.3) is 0 Å². The lowest BCUT2D eigenvalue weighted by molar-refractivity contribution is -0.114. The topological polar surface area (TPSA) is 0 Å². The van der Waals surface area contributed by atoms with Crippen LogP contribution in [0.3, 0.4) is 0 Å². The number of hydrogen-bond donors (Lipinski definition) is 0. The van der Waals surface area contributed by atoms with E-state index in [0.717, 1.165) is 41.4 Å². The van der Waals surface area contributed by atoms with Crippen LogP contribution in [0.25, 0.3) is 0 Å². The van der Waals surface area contributed by atoms with Crippen molar-refractivity contribution >= 4 is 0 Å². The molecule has 4 fully saturated rings. The van der Waals surface area contributed by atoms with E-state index < -0.39 is 0 Å². The molecule has 1 unspecified atom stereocenters. The summed E-state index contributed by atoms with van der Waals surface area (Å²) in [4.78, 5) is 0. The highest BCUT2D eigenvalue weighted by Crippen LogP contribution is 2.68. The van der Waals surface area contributed by atoms with Crippen molar-refractivity contribution in [2.45, 2.75) is 125 Å². The molecule has 4 aliphatic carbocycles. The van der Waals surface area contributed by atoms with Gasteiger partial charge in [-0.15, -0.1) is 0 Å². The van der Waals surface area contributed by atoms with Gasteiger partial charge in [-0.1, -0.05) is 73.1 Å². The molecule has 0 spiro atoms. The second-order valence-electron chi connectivity index (χ2n) is 12.6. The van der Waals surface area contributed by atoms with E-state index in [1.54, 1.807) is 51.4 Å². The summed E-state index contributed by atoms with van der Waals surface area (Å²) >= 11 is 0. The Kier molecular flexibility index (Phi) is 6.27. The molecule has 4 saturated carbocycles. The van der Waals surface area contributed by atoms with Gasteiger partial charge in [0.05, 0.1) is 0 Å². The summed E-state index contributed by atoms with van der Waals surface area (Å²) in [6.07, 6.45) is 21.3. The zero-order valence-electron chi connectivity index (χ0n) is 19.9. The monoisotopic (exact) mass is 386 g/mol. The fourth-order valence-electron chi connectivity index (χ4n) is 9.46. The third-order valence-corrected chi connectivity index (χ3v) is 11.4. The molecule has 0 aromatic heterocycles. The molecule has 0 bridgehead atoms. The quantitative estimate of drug-likeness (QED) is 0.427. The first kappa shape index (κ1) is 21.2. The van der Waals surface area contributed by atoms with Gasteiger partial charge in [-0.25, -0.2) is 0 Å². The smallest absolute Gasteiger partial charge is 0.0264 e. The van der Waals surface area contributed by atoms with Crippen molar-refractivity contribution in [1.82, 2.24) is 0 Å². The van der Waals surface area contributed by atoms with Crippen LogP contribution in [0, 0.1) is 52.3 Å². The van der Waals surface area contributed by atoms with Crippen LogP contribution >= 0.6 is 0 Å². The van der Waals surface area contributed by atoms with Crippen molar-refractivity contribution < 1.29 is 0 Å². The predicted molar refractivity (Wildman–Crippen MR) is 122 cm³/mol. The molecule has 0 heteroatoms. The molecule has 0 saturated heterocycles. The van der Waals surface area contributed by atoms with E-state index in [-0.39, 0.29) is 0 Å². The maximum atomic E-state index is 2.76. The fraction of sp³-hybridized carbons (Fsp3) is 1.00. The minimum absolute atomic E-state index is 0.675. The lowest BCUT2D eigenvalue weighted by atomic mass is 9.44. The van der Waals surface area contributed by atoms with E-state index in [4.69, 9.17) is 0 Å². The average Bonchev–Trinajstić information content (AvgIpc) is 3.04. The third-order valence-electron chi connectivity index (χ3n) is 11.4. The second kappa shape index (κ2) is 8.26. The number of fused-ring (bicyclic) bond motifs is 5. The SMILES string of the molecule is CCC(C)CCC[C@@H](C)[C@H]1CC[C@H]2[C@@H]3CC[C@@H]4CCCC[C@]4(C)[C@H]3CC[C@]12C. The van der Waals surface area contributed by atoms with Crippen LogP contribution in [0.4, 0.5) is 0 Å². The van der Waals surface area contributed by atoms with Gasteiger partial charge in [0.2, 0.25) is 0 Å². The van der Waals surface area contributed by atoms with E-state index in [9.17, 15) is 0 Å². The number of rotatable bonds is 6. The van der Waals surface area contributed by atoms with E-state index >= 15 is 0 Å². The maximum absolute atomic E-state index is 2.76. The Labute approximate surface area is 177 Å². The van der Waals surface area contributed by atoms with Crippen LogP contribution in [0.2, 0.25) is 0 Å². The van der Waals surface area contributed by atoms with Gasteiger partial charge in [0, 0.05) is 0 Å². The van der Waals surface area contributed by atoms with Crippen molar-refractivity contribution in [2.24, 2.45) is 52.3 Å². The van der Waals surface area contributed by atoms with Gasteiger partial charge in [0.1, 0.15) is 0 Å². The van der Waals surface area contributed by atoms with Gasteiger partial charge in [-0.05, 0) is 104 Å². The normalized spacial score (nSPS) is 47.7. The summed E-state index contributed by atoms with van der Waals surface area (Å²) in [5.41, 5.74) is 1.39. The first-order valence-electron chi connectivity index (χ1n) is 13.4. The molecule has 0 aromatic rings. The van der Waals surface area contributed by atoms with Crippen LogP contribution in [0.5, 0.6) is 0 Å². The lowest BCUT2D eigenvalue weighted by Crippen LogP contribution is -2.53. The molecule has 0 aromatic carbocycles. The standard InChI is InChI=1S/C28H50/c1-6-20(2)10-9-11-21(3)24-15-16-25-23-14-13-22-12-7-8-18-27(22,4)26(23)17-19-28(24,25)5/h20-26H,6-19H2,1-5H3/t20?,21-,22+,23+,24-,25+,26+,27+,28-/m1/s1. The summed E-state index contributed by atoms with van der Waals surface area (Å²) in [6, 6.07) is 0. The molecule has 28 heavy (non-hydrogen) atoms. The highest BCUT2D eigenvalue weighted by Gasteiger charge is 2.59. The molecular weight excluding hydrogens is 336 g/mol. The van der Waals surface area contributed by atoms with Crippen LogP contribution in [-0.4, -0.2) is 0 Å².